The molecule has 0 fully saturated rings. The van der Waals surface area contributed by atoms with Crippen molar-refractivity contribution in [2.45, 2.75) is 6.54 Å². The predicted octanol–water partition coefficient (Wildman–Crippen LogP) is 0.213. The lowest BCUT2D eigenvalue weighted by Gasteiger charge is -2.02. The molecule has 4 heteroatoms. The summed E-state index contributed by atoms with van der Waals surface area (Å²) in [6.07, 6.45) is 5.12. The van der Waals surface area contributed by atoms with Gasteiger partial charge in [0.25, 0.3) is 0 Å². The van der Waals surface area contributed by atoms with Gasteiger partial charge in [-0.2, -0.15) is 0 Å². The normalized spacial score (nSPS) is 10.1. The van der Waals surface area contributed by atoms with Crippen LogP contribution in [0.3, 0.4) is 0 Å². The summed E-state index contributed by atoms with van der Waals surface area (Å²) in [6, 6.07) is 0. The Bertz CT molecular complexity index is 203. The molecule has 0 unspecified atom stereocenters. The molecule has 0 saturated heterocycles. The summed E-state index contributed by atoms with van der Waals surface area (Å²) in [6.45, 7) is 2.38. The Morgan fingerprint density at radius 3 is 2.83 bits per heavy atom. The molecule has 4 nitrogen and oxygen atoms in total. The Labute approximate surface area is 72.0 Å². The van der Waals surface area contributed by atoms with Crippen LogP contribution >= 0.6 is 0 Å². The molecule has 1 N–H and O–H groups in total. The van der Waals surface area contributed by atoms with Gasteiger partial charge in [0, 0.05) is 38.2 Å². The van der Waals surface area contributed by atoms with Gasteiger partial charge in [0.2, 0.25) is 0 Å². The van der Waals surface area contributed by atoms with Crippen molar-refractivity contribution in [3.05, 3.63) is 24.3 Å². The molecule has 66 valence electrons. The molecule has 12 heavy (non-hydrogen) atoms. The van der Waals surface area contributed by atoms with E-state index >= 15 is 0 Å². The number of rotatable bonds is 5. The van der Waals surface area contributed by atoms with E-state index in [-0.39, 0.29) is 0 Å². The molecule has 0 aliphatic rings. The summed E-state index contributed by atoms with van der Waals surface area (Å²) in [4.78, 5) is 7.80. The number of nitrogens with zero attached hydrogens (tertiary/aromatic N) is 2. The van der Waals surface area contributed by atoms with Crippen LogP contribution in [0.25, 0.3) is 0 Å². The molecular weight excluding hydrogens is 154 g/mol. The maximum atomic E-state index is 4.89. The lowest BCUT2D eigenvalue weighted by Crippen LogP contribution is -2.18. The molecule has 0 aromatic carbocycles. The number of hydrogen-bond acceptors (Lipinski definition) is 4. The Kier molecular flexibility index (Phi) is 4.26. The van der Waals surface area contributed by atoms with Crippen LogP contribution in [0.1, 0.15) is 5.56 Å². The molecular formula is C8H13N3O. The Hall–Kier alpha value is -1.00. The van der Waals surface area contributed by atoms with Crippen LogP contribution in [0.4, 0.5) is 0 Å². The predicted molar refractivity (Wildman–Crippen MR) is 45.6 cm³/mol. The minimum Gasteiger partial charge on any atom is -0.383 e. The third-order valence-electron chi connectivity index (χ3n) is 1.43. The second-order valence-corrected chi connectivity index (χ2v) is 2.42. The number of aromatic nitrogens is 2. The molecule has 0 atom stereocenters. The fourth-order valence-electron chi connectivity index (χ4n) is 0.828. The topological polar surface area (TPSA) is 47.0 Å². The van der Waals surface area contributed by atoms with Gasteiger partial charge in [-0.05, 0) is 0 Å². The number of hydrogen-bond donors (Lipinski definition) is 1. The molecule has 0 bridgehead atoms. The van der Waals surface area contributed by atoms with Gasteiger partial charge in [-0.15, -0.1) is 0 Å². The molecule has 0 saturated carbocycles. The quantitative estimate of drug-likeness (QED) is 0.637. The lowest BCUT2D eigenvalue weighted by molar-refractivity contribution is 0.199. The molecule has 0 spiro atoms. The second-order valence-electron chi connectivity index (χ2n) is 2.42. The van der Waals surface area contributed by atoms with Crippen molar-refractivity contribution in [2.75, 3.05) is 20.3 Å². The Balaban J connectivity index is 2.16. The Morgan fingerprint density at radius 1 is 1.42 bits per heavy atom. The first kappa shape index (κ1) is 9.09. The largest absolute Gasteiger partial charge is 0.383 e. The van der Waals surface area contributed by atoms with E-state index < -0.39 is 0 Å². The third-order valence-corrected chi connectivity index (χ3v) is 1.43. The van der Waals surface area contributed by atoms with Gasteiger partial charge in [-0.25, -0.2) is 9.97 Å². The van der Waals surface area contributed by atoms with Crippen molar-refractivity contribution in [2.24, 2.45) is 0 Å². The van der Waals surface area contributed by atoms with Gasteiger partial charge in [0.1, 0.15) is 6.33 Å². The lowest BCUT2D eigenvalue weighted by atomic mass is 10.3. The van der Waals surface area contributed by atoms with E-state index in [1.165, 1.54) is 6.33 Å². The van der Waals surface area contributed by atoms with E-state index in [0.29, 0.717) is 0 Å². The zero-order valence-electron chi connectivity index (χ0n) is 7.16. The maximum Gasteiger partial charge on any atom is 0.115 e. The van der Waals surface area contributed by atoms with Crippen molar-refractivity contribution < 1.29 is 4.74 Å². The maximum absolute atomic E-state index is 4.89. The van der Waals surface area contributed by atoms with Crippen molar-refractivity contribution in [1.29, 1.82) is 0 Å². The second kappa shape index (κ2) is 5.62. The first-order chi connectivity index (χ1) is 5.93. The average Bonchev–Trinajstić information content (AvgIpc) is 2.14. The van der Waals surface area contributed by atoms with E-state index in [1.54, 1.807) is 19.5 Å². The van der Waals surface area contributed by atoms with Gasteiger partial charge >= 0.3 is 0 Å². The van der Waals surface area contributed by atoms with Gasteiger partial charge < -0.3 is 10.1 Å². The van der Waals surface area contributed by atoms with Crippen molar-refractivity contribution in [1.82, 2.24) is 15.3 Å². The number of ether oxygens (including phenoxy) is 1. The van der Waals surface area contributed by atoms with Crippen LogP contribution in [0.5, 0.6) is 0 Å². The minimum atomic E-state index is 0.730. The van der Waals surface area contributed by atoms with Crippen LogP contribution in [-0.2, 0) is 11.3 Å². The van der Waals surface area contributed by atoms with Gasteiger partial charge in [-0.3, -0.25) is 0 Å². The summed E-state index contributed by atoms with van der Waals surface area (Å²) in [5, 5.41) is 3.20. The average molecular weight is 167 g/mol. The monoisotopic (exact) mass is 167 g/mol. The molecule has 0 aliphatic heterocycles. The molecule has 0 aliphatic carbocycles. The molecule has 1 aromatic heterocycles. The smallest absolute Gasteiger partial charge is 0.115 e. The highest BCUT2D eigenvalue weighted by molar-refractivity contribution is 5.01. The van der Waals surface area contributed by atoms with Crippen LogP contribution in [0.15, 0.2) is 18.7 Å². The summed E-state index contributed by atoms with van der Waals surface area (Å²) < 4.78 is 4.89. The molecule has 0 radical (unpaired) electrons. The molecule has 1 aromatic rings. The summed E-state index contributed by atoms with van der Waals surface area (Å²) in [5.41, 5.74) is 1.09. The highest BCUT2D eigenvalue weighted by Crippen LogP contribution is 1.90. The SMILES string of the molecule is COCCNCc1cncnc1. The Morgan fingerprint density at radius 2 is 2.17 bits per heavy atom. The fourth-order valence-corrected chi connectivity index (χ4v) is 0.828. The highest BCUT2D eigenvalue weighted by Gasteiger charge is 1.90. The van der Waals surface area contributed by atoms with E-state index in [0.717, 1.165) is 25.3 Å². The van der Waals surface area contributed by atoms with Gasteiger partial charge in [-0.1, -0.05) is 0 Å². The van der Waals surface area contributed by atoms with E-state index in [9.17, 15) is 0 Å². The van der Waals surface area contributed by atoms with Crippen molar-refractivity contribution >= 4 is 0 Å². The van der Waals surface area contributed by atoms with Gasteiger partial charge in [0.15, 0.2) is 0 Å². The van der Waals surface area contributed by atoms with Crippen LogP contribution in [0.2, 0.25) is 0 Å². The molecule has 1 heterocycles. The zero-order chi connectivity index (χ0) is 8.65. The first-order valence-corrected chi connectivity index (χ1v) is 3.87. The number of nitrogens with one attached hydrogen (secondary N) is 1. The molecule has 1 rings (SSSR count). The minimum absolute atomic E-state index is 0.730. The van der Waals surface area contributed by atoms with E-state index in [4.69, 9.17) is 4.74 Å². The number of methoxy groups -OCH3 is 1. The van der Waals surface area contributed by atoms with E-state index in [2.05, 4.69) is 15.3 Å². The zero-order valence-corrected chi connectivity index (χ0v) is 7.16. The standard InChI is InChI=1S/C8H13N3O/c1-12-3-2-9-4-8-5-10-7-11-6-8/h5-7,9H,2-4H2,1H3. The highest BCUT2D eigenvalue weighted by atomic mass is 16.5. The molecule has 0 amide bonds. The summed E-state index contributed by atoms with van der Waals surface area (Å²) in [7, 11) is 1.69. The van der Waals surface area contributed by atoms with Crippen LogP contribution < -0.4 is 5.32 Å². The summed E-state index contributed by atoms with van der Waals surface area (Å²) >= 11 is 0. The van der Waals surface area contributed by atoms with Crippen LogP contribution in [0, 0.1) is 0 Å². The fraction of sp³-hybridized carbons (Fsp3) is 0.500. The van der Waals surface area contributed by atoms with Crippen LogP contribution in [-0.4, -0.2) is 30.2 Å². The van der Waals surface area contributed by atoms with E-state index in [1.807, 2.05) is 0 Å². The van der Waals surface area contributed by atoms with Crippen molar-refractivity contribution in [3.63, 3.8) is 0 Å². The van der Waals surface area contributed by atoms with Crippen molar-refractivity contribution in [3.8, 4) is 0 Å². The first-order valence-electron chi connectivity index (χ1n) is 3.87. The third kappa shape index (κ3) is 3.41. The van der Waals surface area contributed by atoms with Gasteiger partial charge in [0.05, 0.1) is 6.61 Å². The summed E-state index contributed by atoms with van der Waals surface area (Å²) in [5.74, 6) is 0.